The molecule has 3 rings (SSSR count). The van der Waals surface area contributed by atoms with Gasteiger partial charge in [-0.05, 0) is 82.7 Å². The summed E-state index contributed by atoms with van der Waals surface area (Å²) in [5, 5.41) is 22.3. The lowest BCUT2D eigenvalue weighted by Crippen LogP contribution is -2.34. The van der Waals surface area contributed by atoms with Crippen molar-refractivity contribution in [1.82, 2.24) is 0 Å². The van der Waals surface area contributed by atoms with Gasteiger partial charge in [-0.25, -0.2) is 0 Å². The highest BCUT2D eigenvalue weighted by molar-refractivity contribution is 5.85. The highest BCUT2D eigenvalue weighted by atomic mass is 16.4. The number of hydrogen-bond donors (Lipinski definition) is 2. The average molecular weight is 337 g/mol. The van der Waals surface area contributed by atoms with Gasteiger partial charge in [0.1, 0.15) is 5.75 Å². The first-order chi connectivity index (χ1) is 11.7. The highest BCUT2D eigenvalue weighted by Gasteiger charge is 2.37. The molecule has 3 nitrogen and oxygen atoms in total. The summed E-state index contributed by atoms with van der Waals surface area (Å²) >= 11 is 0. The minimum Gasteiger partial charge on any atom is -0.507 e. The molecule has 1 aliphatic rings. The molecule has 0 aromatic heterocycles. The zero-order valence-electron chi connectivity index (χ0n) is 15.7. The lowest BCUT2D eigenvalue weighted by atomic mass is 9.62. The molecule has 0 saturated heterocycles. The summed E-state index contributed by atoms with van der Waals surface area (Å²) < 4.78 is 0. The van der Waals surface area contributed by atoms with E-state index < -0.39 is 0 Å². The summed E-state index contributed by atoms with van der Waals surface area (Å²) in [5.74, 6) is 0.242. The van der Waals surface area contributed by atoms with E-state index in [1.54, 1.807) is 12.1 Å². The summed E-state index contributed by atoms with van der Waals surface area (Å²) in [6, 6.07) is 9.79. The molecule has 2 N–H and O–H groups in total. The van der Waals surface area contributed by atoms with Crippen molar-refractivity contribution in [3.05, 3.63) is 52.6 Å². The van der Waals surface area contributed by atoms with Crippen LogP contribution in [0.15, 0.2) is 35.5 Å². The molecule has 0 spiro atoms. The summed E-state index contributed by atoms with van der Waals surface area (Å²) in [7, 11) is 0. The molecular weight excluding hydrogens is 310 g/mol. The van der Waals surface area contributed by atoms with Crippen LogP contribution in [-0.4, -0.2) is 16.5 Å². The van der Waals surface area contributed by atoms with Crippen LogP contribution in [0.2, 0.25) is 0 Å². The normalized spacial score (nSPS) is 18.3. The van der Waals surface area contributed by atoms with E-state index in [-0.39, 0.29) is 16.6 Å². The maximum atomic E-state index is 10.4. The van der Waals surface area contributed by atoms with E-state index in [1.165, 1.54) is 23.8 Å². The van der Waals surface area contributed by atoms with Crippen LogP contribution >= 0.6 is 0 Å². The Bertz CT molecular complexity index is 847. The second-order valence-corrected chi connectivity index (χ2v) is 8.50. The van der Waals surface area contributed by atoms with E-state index in [4.69, 9.17) is 5.21 Å². The van der Waals surface area contributed by atoms with Crippen LogP contribution in [-0.2, 0) is 10.8 Å². The fraction of sp³-hybridized carbons (Fsp3) is 0.409. The number of rotatable bonds is 2. The molecule has 0 bridgehead atoms. The highest BCUT2D eigenvalue weighted by Crippen LogP contribution is 2.48. The van der Waals surface area contributed by atoms with Crippen LogP contribution in [0.1, 0.15) is 62.8 Å². The number of oxime groups is 1. The lowest BCUT2D eigenvalue weighted by Gasteiger charge is -2.42. The van der Waals surface area contributed by atoms with Gasteiger partial charge in [0.05, 0.1) is 6.21 Å². The lowest BCUT2D eigenvalue weighted by molar-refractivity contribution is 0.322. The van der Waals surface area contributed by atoms with Crippen molar-refractivity contribution in [3.8, 4) is 16.9 Å². The molecule has 2 aromatic rings. The van der Waals surface area contributed by atoms with Crippen LogP contribution in [0.5, 0.6) is 5.75 Å². The molecule has 0 fully saturated rings. The quantitative estimate of drug-likeness (QED) is 0.430. The number of phenols is 1. The summed E-state index contributed by atoms with van der Waals surface area (Å²) in [4.78, 5) is 0. The van der Waals surface area contributed by atoms with Crippen LogP contribution < -0.4 is 0 Å². The van der Waals surface area contributed by atoms with Crippen molar-refractivity contribution in [2.75, 3.05) is 0 Å². The molecule has 132 valence electrons. The van der Waals surface area contributed by atoms with Crippen molar-refractivity contribution >= 4 is 6.21 Å². The van der Waals surface area contributed by atoms with Crippen molar-refractivity contribution in [3.63, 3.8) is 0 Å². The molecule has 0 saturated carbocycles. The third kappa shape index (κ3) is 3.04. The minimum absolute atomic E-state index is 0.118. The molecule has 1 aliphatic carbocycles. The van der Waals surface area contributed by atoms with Gasteiger partial charge in [0.2, 0.25) is 0 Å². The Hall–Kier alpha value is -2.29. The van der Waals surface area contributed by atoms with Crippen LogP contribution in [0.4, 0.5) is 0 Å². The Balaban J connectivity index is 2.25. The standard InChI is InChI=1S/C22H27NO2/c1-14-10-18-19(22(4,5)9-8-21(18,2)3)12-16(14)17-11-15(13-23-25)6-7-20(17)24/h6-7,10-13,24-25H,8-9H2,1-5H3/b23-13+. The maximum absolute atomic E-state index is 10.4. The molecule has 25 heavy (non-hydrogen) atoms. The second-order valence-electron chi connectivity index (χ2n) is 8.50. The zero-order valence-corrected chi connectivity index (χ0v) is 15.7. The van der Waals surface area contributed by atoms with Gasteiger partial charge in [-0.2, -0.15) is 0 Å². The predicted molar refractivity (Wildman–Crippen MR) is 103 cm³/mol. The molecule has 0 radical (unpaired) electrons. The largest absolute Gasteiger partial charge is 0.507 e. The fourth-order valence-corrected chi connectivity index (χ4v) is 3.93. The number of phenolic OH excluding ortho intramolecular Hbond substituents is 1. The van der Waals surface area contributed by atoms with Gasteiger partial charge in [-0.3, -0.25) is 0 Å². The van der Waals surface area contributed by atoms with Crippen molar-refractivity contribution in [1.29, 1.82) is 0 Å². The zero-order chi connectivity index (χ0) is 18.4. The number of fused-ring (bicyclic) bond motifs is 1. The van der Waals surface area contributed by atoms with Gasteiger partial charge in [-0.15, -0.1) is 0 Å². The third-order valence-corrected chi connectivity index (χ3v) is 5.72. The molecule has 0 heterocycles. The Labute approximate surface area is 150 Å². The first kappa shape index (κ1) is 17.5. The van der Waals surface area contributed by atoms with Gasteiger partial charge in [0, 0.05) is 5.56 Å². The smallest absolute Gasteiger partial charge is 0.123 e. The molecule has 0 unspecified atom stereocenters. The van der Waals surface area contributed by atoms with Crippen molar-refractivity contribution < 1.29 is 10.3 Å². The Morgan fingerprint density at radius 2 is 1.52 bits per heavy atom. The van der Waals surface area contributed by atoms with Crippen molar-refractivity contribution in [2.24, 2.45) is 5.16 Å². The number of nitrogens with zero attached hydrogens (tertiary/aromatic N) is 1. The Kier molecular flexibility index (Phi) is 4.14. The maximum Gasteiger partial charge on any atom is 0.123 e. The summed E-state index contributed by atoms with van der Waals surface area (Å²) in [6.07, 6.45) is 3.71. The van der Waals surface area contributed by atoms with E-state index in [0.29, 0.717) is 0 Å². The van der Waals surface area contributed by atoms with Crippen molar-refractivity contribution in [2.45, 2.75) is 58.3 Å². The first-order valence-electron chi connectivity index (χ1n) is 8.82. The third-order valence-electron chi connectivity index (χ3n) is 5.72. The second kappa shape index (κ2) is 5.91. The van der Waals surface area contributed by atoms with E-state index in [1.807, 2.05) is 6.07 Å². The minimum atomic E-state index is 0.118. The molecule has 3 heteroatoms. The van der Waals surface area contributed by atoms with Gasteiger partial charge in [0.25, 0.3) is 0 Å². The van der Waals surface area contributed by atoms with Crippen LogP contribution in [0.3, 0.4) is 0 Å². The predicted octanol–water partition coefficient (Wildman–Crippen LogP) is 5.52. The fourth-order valence-electron chi connectivity index (χ4n) is 3.93. The molecule has 2 aromatic carbocycles. The van der Waals surface area contributed by atoms with E-state index in [9.17, 15) is 5.11 Å². The van der Waals surface area contributed by atoms with Gasteiger partial charge >= 0.3 is 0 Å². The Morgan fingerprint density at radius 3 is 2.12 bits per heavy atom. The summed E-state index contributed by atoms with van der Waals surface area (Å²) in [6.45, 7) is 11.3. The molecular formula is C22H27NO2. The number of aryl methyl sites for hydroxylation is 1. The van der Waals surface area contributed by atoms with E-state index in [0.717, 1.165) is 28.7 Å². The van der Waals surface area contributed by atoms with Gasteiger partial charge < -0.3 is 10.3 Å². The topological polar surface area (TPSA) is 52.8 Å². The first-order valence-corrected chi connectivity index (χ1v) is 8.82. The molecule has 0 atom stereocenters. The average Bonchev–Trinajstić information content (AvgIpc) is 2.54. The van der Waals surface area contributed by atoms with Gasteiger partial charge in [0.15, 0.2) is 0 Å². The number of benzene rings is 2. The molecule has 0 amide bonds. The Morgan fingerprint density at radius 1 is 0.920 bits per heavy atom. The monoisotopic (exact) mass is 337 g/mol. The molecule has 0 aliphatic heterocycles. The van der Waals surface area contributed by atoms with Crippen LogP contribution in [0.25, 0.3) is 11.1 Å². The van der Waals surface area contributed by atoms with Gasteiger partial charge in [-0.1, -0.05) is 38.9 Å². The number of aromatic hydroxyl groups is 1. The number of hydrogen-bond acceptors (Lipinski definition) is 3. The van der Waals surface area contributed by atoms with Crippen LogP contribution in [0, 0.1) is 6.92 Å². The summed E-state index contributed by atoms with van der Waals surface area (Å²) in [5.41, 5.74) is 6.79. The SMILES string of the molecule is Cc1cc2c(cc1-c1cc(/C=N/O)ccc1O)C(C)(C)CCC2(C)C. The van der Waals surface area contributed by atoms with E-state index >= 15 is 0 Å². The van der Waals surface area contributed by atoms with E-state index in [2.05, 4.69) is 51.9 Å².